The topological polar surface area (TPSA) is 46.3 Å². The van der Waals surface area contributed by atoms with Crippen LogP contribution in [0, 0.1) is 13.5 Å². The van der Waals surface area contributed by atoms with E-state index in [1.807, 2.05) is 19.1 Å². The molecular weight excluding hydrogens is 306 g/mol. The fraction of sp³-hybridized carbons (Fsp3) is 0.294. The Balaban J connectivity index is 2.32. The zero-order chi connectivity index (χ0) is 16.4. The largest absolute Gasteiger partial charge is 0.357 e. The SMILES string of the molecule is [C-]#[N+]c1sc2nc(-c3ccncc3)nc(N(CC)CC)c2c1C. The Hall–Kier alpha value is -2.52. The van der Waals surface area contributed by atoms with E-state index in [0.29, 0.717) is 10.8 Å². The Morgan fingerprint density at radius 2 is 1.87 bits per heavy atom. The fourth-order valence-electron chi connectivity index (χ4n) is 2.59. The highest BCUT2D eigenvalue weighted by atomic mass is 32.1. The van der Waals surface area contributed by atoms with Crippen LogP contribution < -0.4 is 4.90 Å². The average Bonchev–Trinajstić information content (AvgIpc) is 2.93. The van der Waals surface area contributed by atoms with Gasteiger partial charge in [0.1, 0.15) is 10.6 Å². The van der Waals surface area contributed by atoms with E-state index in [9.17, 15) is 0 Å². The Kier molecular flexibility index (Phi) is 4.22. The van der Waals surface area contributed by atoms with Crippen molar-refractivity contribution in [2.24, 2.45) is 0 Å². The number of thiophene rings is 1. The van der Waals surface area contributed by atoms with Gasteiger partial charge < -0.3 is 4.90 Å². The Morgan fingerprint density at radius 1 is 1.17 bits per heavy atom. The molecule has 0 aromatic carbocycles. The summed E-state index contributed by atoms with van der Waals surface area (Å²) in [5, 5.41) is 1.69. The van der Waals surface area contributed by atoms with Crippen LogP contribution in [-0.2, 0) is 0 Å². The molecule has 0 amide bonds. The van der Waals surface area contributed by atoms with E-state index in [4.69, 9.17) is 16.5 Å². The molecule has 0 aliphatic heterocycles. The highest BCUT2D eigenvalue weighted by Crippen LogP contribution is 2.41. The second-order valence-electron chi connectivity index (χ2n) is 5.10. The van der Waals surface area contributed by atoms with Gasteiger partial charge in [0.25, 0.3) is 0 Å². The summed E-state index contributed by atoms with van der Waals surface area (Å²) in [6.45, 7) is 15.3. The molecule has 6 heteroatoms. The standard InChI is InChI=1S/C17H17N5S/c1-5-22(6-2)15-13-11(3)16(18-4)23-17(13)21-14(20-15)12-7-9-19-10-8-12/h7-10H,5-6H2,1-3H3. The van der Waals surface area contributed by atoms with Crippen LogP contribution in [0.4, 0.5) is 10.8 Å². The third kappa shape index (κ3) is 2.64. The summed E-state index contributed by atoms with van der Waals surface area (Å²) in [7, 11) is 0. The van der Waals surface area contributed by atoms with Crippen molar-refractivity contribution < 1.29 is 0 Å². The summed E-state index contributed by atoms with van der Waals surface area (Å²) in [5.41, 5.74) is 1.91. The molecule has 0 saturated carbocycles. The van der Waals surface area contributed by atoms with E-state index in [1.54, 1.807) is 12.4 Å². The molecule has 3 aromatic rings. The van der Waals surface area contributed by atoms with Crippen molar-refractivity contribution in [3.8, 4) is 11.4 Å². The Labute approximate surface area is 139 Å². The molecule has 3 heterocycles. The Morgan fingerprint density at radius 3 is 2.48 bits per heavy atom. The van der Waals surface area contributed by atoms with Crippen LogP contribution in [0.1, 0.15) is 19.4 Å². The number of aryl methyl sites for hydroxylation is 1. The van der Waals surface area contributed by atoms with Gasteiger partial charge in [0, 0.05) is 36.4 Å². The molecule has 5 nitrogen and oxygen atoms in total. The molecule has 0 aliphatic carbocycles. The van der Waals surface area contributed by atoms with Crippen LogP contribution in [-0.4, -0.2) is 28.0 Å². The summed E-state index contributed by atoms with van der Waals surface area (Å²) in [6, 6.07) is 3.81. The molecule has 0 saturated heterocycles. The summed E-state index contributed by atoms with van der Waals surface area (Å²) >= 11 is 1.44. The smallest absolute Gasteiger partial charge is 0.246 e. The van der Waals surface area contributed by atoms with Crippen molar-refractivity contribution in [1.29, 1.82) is 0 Å². The third-order valence-electron chi connectivity index (χ3n) is 3.85. The van der Waals surface area contributed by atoms with Crippen molar-refractivity contribution in [3.05, 3.63) is 41.5 Å². The fourth-order valence-corrected chi connectivity index (χ4v) is 3.56. The second kappa shape index (κ2) is 6.31. The summed E-state index contributed by atoms with van der Waals surface area (Å²) in [5.74, 6) is 1.59. The van der Waals surface area contributed by atoms with Crippen LogP contribution in [0.15, 0.2) is 24.5 Å². The molecule has 0 spiro atoms. The zero-order valence-corrected chi connectivity index (χ0v) is 14.2. The molecule has 0 fully saturated rings. The van der Waals surface area contributed by atoms with E-state index < -0.39 is 0 Å². The number of anilines is 1. The zero-order valence-electron chi connectivity index (χ0n) is 13.4. The van der Waals surface area contributed by atoms with Gasteiger partial charge in [-0.2, -0.15) is 0 Å². The van der Waals surface area contributed by atoms with E-state index in [2.05, 4.69) is 28.6 Å². The predicted molar refractivity (Wildman–Crippen MR) is 95.2 cm³/mol. The normalized spacial score (nSPS) is 10.7. The first-order chi connectivity index (χ1) is 11.2. The minimum Gasteiger partial charge on any atom is -0.357 e. The lowest BCUT2D eigenvalue weighted by molar-refractivity contribution is 0.850. The summed E-state index contributed by atoms with van der Waals surface area (Å²) in [4.78, 5) is 20.3. The van der Waals surface area contributed by atoms with Crippen LogP contribution >= 0.6 is 11.3 Å². The molecule has 3 aromatic heterocycles. The van der Waals surface area contributed by atoms with Crippen molar-refractivity contribution in [3.63, 3.8) is 0 Å². The molecule has 0 radical (unpaired) electrons. The quantitative estimate of drug-likeness (QED) is 0.665. The molecule has 0 N–H and O–H groups in total. The van der Waals surface area contributed by atoms with Gasteiger partial charge in [-0.15, -0.1) is 11.3 Å². The number of aromatic nitrogens is 3. The third-order valence-corrected chi connectivity index (χ3v) is 4.93. The monoisotopic (exact) mass is 323 g/mol. The molecule has 3 rings (SSSR count). The van der Waals surface area contributed by atoms with Crippen LogP contribution in [0.2, 0.25) is 0 Å². The predicted octanol–water partition coefficient (Wildman–Crippen LogP) is 4.46. The first-order valence-corrected chi connectivity index (χ1v) is 8.35. The van der Waals surface area contributed by atoms with E-state index >= 15 is 0 Å². The average molecular weight is 323 g/mol. The van der Waals surface area contributed by atoms with Crippen molar-refractivity contribution in [1.82, 2.24) is 15.0 Å². The van der Waals surface area contributed by atoms with Gasteiger partial charge in [-0.1, -0.05) is 0 Å². The molecule has 23 heavy (non-hydrogen) atoms. The maximum Gasteiger partial charge on any atom is 0.246 e. The second-order valence-corrected chi connectivity index (χ2v) is 6.08. The number of hydrogen-bond donors (Lipinski definition) is 0. The molecule has 0 bridgehead atoms. The first-order valence-electron chi connectivity index (χ1n) is 7.53. The van der Waals surface area contributed by atoms with E-state index in [1.165, 1.54) is 11.3 Å². The van der Waals surface area contributed by atoms with Crippen molar-refractivity contribution in [2.45, 2.75) is 20.8 Å². The molecule has 0 atom stereocenters. The number of nitrogens with zero attached hydrogens (tertiary/aromatic N) is 5. The Bertz CT molecular complexity index is 875. The lowest BCUT2D eigenvalue weighted by atomic mass is 10.2. The van der Waals surface area contributed by atoms with Crippen LogP contribution in [0.5, 0.6) is 0 Å². The van der Waals surface area contributed by atoms with Gasteiger partial charge in [-0.05, 0) is 38.5 Å². The maximum atomic E-state index is 7.37. The highest BCUT2D eigenvalue weighted by Gasteiger charge is 2.19. The summed E-state index contributed by atoms with van der Waals surface area (Å²) < 4.78 is 0. The highest BCUT2D eigenvalue weighted by molar-refractivity contribution is 7.22. The van der Waals surface area contributed by atoms with Crippen LogP contribution in [0.3, 0.4) is 0 Å². The lowest BCUT2D eigenvalue weighted by Crippen LogP contribution is -2.23. The van der Waals surface area contributed by atoms with Gasteiger partial charge in [-0.3, -0.25) is 4.98 Å². The molecule has 0 unspecified atom stereocenters. The number of pyridine rings is 1. The first kappa shape index (κ1) is 15.4. The van der Waals surface area contributed by atoms with Gasteiger partial charge in [0.15, 0.2) is 5.82 Å². The number of fused-ring (bicyclic) bond motifs is 1. The lowest BCUT2D eigenvalue weighted by Gasteiger charge is -2.21. The molecule has 116 valence electrons. The van der Waals surface area contributed by atoms with Gasteiger partial charge >= 0.3 is 0 Å². The van der Waals surface area contributed by atoms with Gasteiger partial charge in [0.05, 0.1) is 6.57 Å². The summed E-state index contributed by atoms with van der Waals surface area (Å²) in [6.07, 6.45) is 3.48. The minimum absolute atomic E-state index is 0.680. The molecule has 0 aliphatic rings. The van der Waals surface area contributed by atoms with Gasteiger partial charge in [-0.25, -0.2) is 14.8 Å². The van der Waals surface area contributed by atoms with Gasteiger partial charge in [0.2, 0.25) is 5.00 Å². The maximum absolute atomic E-state index is 7.37. The van der Waals surface area contributed by atoms with Crippen molar-refractivity contribution >= 4 is 32.4 Å². The van der Waals surface area contributed by atoms with E-state index in [0.717, 1.165) is 40.3 Å². The van der Waals surface area contributed by atoms with E-state index in [-0.39, 0.29) is 0 Å². The van der Waals surface area contributed by atoms with Crippen molar-refractivity contribution in [2.75, 3.05) is 18.0 Å². The van der Waals surface area contributed by atoms with Crippen LogP contribution in [0.25, 0.3) is 26.4 Å². The number of rotatable bonds is 4. The minimum atomic E-state index is 0.680. The number of hydrogen-bond acceptors (Lipinski definition) is 5. The molecular formula is C17H17N5S.